The lowest BCUT2D eigenvalue weighted by Gasteiger charge is -2.21. The fourth-order valence-electron chi connectivity index (χ4n) is 3.30. The summed E-state index contributed by atoms with van der Waals surface area (Å²) in [6, 6.07) is 0.231. The van der Waals surface area contributed by atoms with E-state index in [2.05, 4.69) is 20.3 Å². The fourth-order valence-corrected chi connectivity index (χ4v) is 3.30. The Morgan fingerprint density at radius 3 is 2.79 bits per heavy atom. The smallest absolute Gasteiger partial charge is 0.216 e. The van der Waals surface area contributed by atoms with Crippen LogP contribution in [0.25, 0.3) is 0 Å². The van der Waals surface area contributed by atoms with Crippen LogP contribution < -0.4 is 4.74 Å². The summed E-state index contributed by atoms with van der Waals surface area (Å²) in [4.78, 5) is 2.21. The number of ether oxygens (including phenoxy) is 1. The maximum atomic E-state index is 11.0. The van der Waals surface area contributed by atoms with Crippen molar-refractivity contribution in [2.24, 2.45) is 7.05 Å². The van der Waals surface area contributed by atoms with Crippen LogP contribution in [0, 0.1) is 6.92 Å². The standard InChI is InChI=1S/C16H26N6O2/c1-11(2)22-9-14(17-19-22)16(23)6-7-21(10-16)8-13-12(3)18-20(4)15(13)24-5/h9,11,23H,6-8,10H2,1-5H3. The molecular formula is C16H26N6O2. The molecule has 1 atom stereocenters. The first kappa shape index (κ1) is 16.9. The second-order valence-electron chi connectivity index (χ2n) is 6.87. The van der Waals surface area contributed by atoms with E-state index in [0.29, 0.717) is 25.2 Å². The highest BCUT2D eigenvalue weighted by atomic mass is 16.5. The molecule has 1 N–H and O–H groups in total. The van der Waals surface area contributed by atoms with E-state index in [-0.39, 0.29) is 6.04 Å². The molecule has 0 bridgehead atoms. The number of aromatic nitrogens is 5. The molecule has 0 spiro atoms. The number of hydrogen-bond donors (Lipinski definition) is 1. The molecule has 3 heterocycles. The van der Waals surface area contributed by atoms with Crippen molar-refractivity contribution in [1.29, 1.82) is 0 Å². The van der Waals surface area contributed by atoms with Crippen LogP contribution in [-0.2, 0) is 19.2 Å². The van der Waals surface area contributed by atoms with Crippen LogP contribution in [0.1, 0.15) is 43.3 Å². The zero-order valence-electron chi connectivity index (χ0n) is 15.0. The SMILES string of the molecule is COc1c(CN2CCC(O)(c3cn(C(C)C)nn3)C2)c(C)nn1C. The summed E-state index contributed by atoms with van der Waals surface area (Å²) < 4.78 is 8.99. The van der Waals surface area contributed by atoms with Crippen molar-refractivity contribution in [2.45, 2.75) is 45.4 Å². The van der Waals surface area contributed by atoms with E-state index in [9.17, 15) is 5.11 Å². The van der Waals surface area contributed by atoms with Crippen LogP contribution in [-0.4, -0.2) is 55.0 Å². The third-order valence-corrected chi connectivity index (χ3v) is 4.71. The third-order valence-electron chi connectivity index (χ3n) is 4.71. The summed E-state index contributed by atoms with van der Waals surface area (Å²) in [5, 5.41) is 23.7. The van der Waals surface area contributed by atoms with Crippen molar-refractivity contribution in [3.63, 3.8) is 0 Å². The van der Waals surface area contributed by atoms with Crippen LogP contribution in [0.5, 0.6) is 5.88 Å². The van der Waals surface area contributed by atoms with Gasteiger partial charge in [-0.1, -0.05) is 5.21 Å². The second kappa shape index (κ2) is 6.18. The Morgan fingerprint density at radius 1 is 1.42 bits per heavy atom. The van der Waals surface area contributed by atoms with Crippen LogP contribution in [0.3, 0.4) is 0 Å². The number of aliphatic hydroxyl groups is 1. The molecule has 1 fully saturated rings. The minimum Gasteiger partial charge on any atom is -0.481 e. The topological polar surface area (TPSA) is 81.2 Å². The van der Waals surface area contributed by atoms with Gasteiger partial charge >= 0.3 is 0 Å². The zero-order valence-corrected chi connectivity index (χ0v) is 15.0. The molecule has 1 aliphatic rings. The zero-order chi connectivity index (χ0) is 17.5. The second-order valence-corrected chi connectivity index (χ2v) is 6.87. The number of β-amino-alcohol motifs (C(OH)–C–C–N with tert-alkyl or cyclic N) is 1. The highest BCUT2D eigenvalue weighted by molar-refractivity contribution is 5.31. The average Bonchev–Trinajstić information content (AvgIpc) is 3.20. The van der Waals surface area contributed by atoms with E-state index in [4.69, 9.17) is 4.74 Å². The largest absolute Gasteiger partial charge is 0.481 e. The Morgan fingerprint density at radius 2 is 2.17 bits per heavy atom. The maximum Gasteiger partial charge on any atom is 0.216 e. The molecule has 0 amide bonds. The molecule has 1 saturated heterocycles. The number of likely N-dealkylation sites (tertiary alicyclic amines) is 1. The van der Waals surface area contributed by atoms with Crippen molar-refractivity contribution in [1.82, 2.24) is 29.7 Å². The normalized spacial score (nSPS) is 21.8. The van der Waals surface area contributed by atoms with Crippen molar-refractivity contribution in [3.8, 4) is 5.88 Å². The van der Waals surface area contributed by atoms with Gasteiger partial charge < -0.3 is 9.84 Å². The molecule has 1 aliphatic heterocycles. The summed E-state index contributed by atoms with van der Waals surface area (Å²) in [6.45, 7) is 8.09. The molecule has 3 rings (SSSR count). The molecule has 2 aromatic rings. The van der Waals surface area contributed by atoms with Crippen molar-refractivity contribution in [2.75, 3.05) is 20.2 Å². The summed E-state index contributed by atoms with van der Waals surface area (Å²) in [6.07, 6.45) is 2.50. The van der Waals surface area contributed by atoms with E-state index in [0.717, 1.165) is 23.7 Å². The lowest BCUT2D eigenvalue weighted by atomic mass is 10.00. The third kappa shape index (κ3) is 2.91. The Kier molecular flexibility index (Phi) is 4.35. The highest BCUT2D eigenvalue weighted by Crippen LogP contribution is 2.33. The molecule has 0 aliphatic carbocycles. The molecule has 24 heavy (non-hydrogen) atoms. The van der Waals surface area contributed by atoms with Crippen LogP contribution >= 0.6 is 0 Å². The average molecular weight is 334 g/mol. The number of aryl methyl sites for hydroxylation is 2. The molecule has 8 heteroatoms. The summed E-state index contributed by atoms with van der Waals surface area (Å²) in [7, 11) is 3.53. The van der Waals surface area contributed by atoms with Gasteiger partial charge in [-0.3, -0.25) is 4.90 Å². The van der Waals surface area contributed by atoms with Gasteiger partial charge in [0.1, 0.15) is 11.3 Å². The Balaban J connectivity index is 1.75. The van der Waals surface area contributed by atoms with E-state index in [1.54, 1.807) is 16.5 Å². The number of methoxy groups -OCH3 is 1. The lowest BCUT2D eigenvalue weighted by molar-refractivity contribution is 0.0407. The molecule has 2 aromatic heterocycles. The molecule has 0 radical (unpaired) electrons. The molecule has 0 saturated carbocycles. The van der Waals surface area contributed by atoms with Gasteiger partial charge in [-0.2, -0.15) is 5.10 Å². The van der Waals surface area contributed by atoms with Gasteiger partial charge in [0, 0.05) is 32.7 Å². The molecular weight excluding hydrogens is 308 g/mol. The number of rotatable bonds is 5. The van der Waals surface area contributed by atoms with Crippen molar-refractivity contribution >= 4 is 0 Å². The Labute approximate surface area is 142 Å². The van der Waals surface area contributed by atoms with Gasteiger partial charge in [0.2, 0.25) is 5.88 Å². The first-order chi connectivity index (χ1) is 11.3. The van der Waals surface area contributed by atoms with Crippen LogP contribution in [0.15, 0.2) is 6.20 Å². The number of nitrogens with zero attached hydrogens (tertiary/aromatic N) is 6. The molecule has 0 aromatic carbocycles. The van der Waals surface area contributed by atoms with Gasteiger partial charge in [0.25, 0.3) is 0 Å². The Bertz CT molecular complexity index is 722. The summed E-state index contributed by atoms with van der Waals surface area (Å²) >= 11 is 0. The van der Waals surface area contributed by atoms with Gasteiger partial charge in [-0.25, -0.2) is 9.36 Å². The fraction of sp³-hybridized carbons (Fsp3) is 0.688. The molecule has 132 valence electrons. The summed E-state index contributed by atoms with van der Waals surface area (Å²) in [5.41, 5.74) is 1.72. The van der Waals surface area contributed by atoms with E-state index in [1.165, 1.54) is 0 Å². The van der Waals surface area contributed by atoms with E-state index >= 15 is 0 Å². The van der Waals surface area contributed by atoms with Crippen LogP contribution in [0.2, 0.25) is 0 Å². The monoisotopic (exact) mass is 334 g/mol. The van der Waals surface area contributed by atoms with E-state index in [1.807, 2.05) is 34.0 Å². The first-order valence-electron chi connectivity index (χ1n) is 8.27. The van der Waals surface area contributed by atoms with Crippen molar-refractivity contribution in [3.05, 3.63) is 23.1 Å². The van der Waals surface area contributed by atoms with Gasteiger partial charge in [0.05, 0.1) is 24.6 Å². The minimum atomic E-state index is -0.948. The van der Waals surface area contributed by atoms with Gasteiger partial charge in [0.15, 0.2) is 0 Å². The van der Waals surface area contributed by atoms with E-state index < -0.39 is 5.60 Å². The van der Waals surface area contributed by atoms with Crippen LogP contribution in [0.4, 0.5) is 0 Å². The quantitative estimate of drug-likeness (QED) is 0.879. The minimum absolute atomic E-state index is 0.231. The highest BCUT2D eigenvalue weighted by Gasteiger charge is 2.40. The number of hydrogen-bond acceptors (Lipinski definition) is 6. The van der Waals surface area contributed by atoms with Gasteiger partial charge in [-0.15, -0.1) is 5.10 Å². The predicted octanol–water partition coefficient (Wildman–Crippen LogP) is 1.00. The summed E-state index contributed by atoms with van der Waals surface area (Å²) in [5.74, 6) is 0.772. The Hall–Kier alpha value is -1.93. The van der Waals surface area contributed by atoms with Crippen molar-refractivity contribution < 1.29 is 9.84 Å². The van der Waals surface area contributed by atoms with Gasteiger partial charge in [-0.05, 0) is 27.2 Å². The predicted molar refractivity (Wildman–Crippen MR) is 88.7 cm³/mol. The molecule has 8 nitrogen and oxygen atoms in total. The first-order valence-corrected chi connectivity index (χ1v) is 8.27. The molecule has 1 unspecified atom stereocenters. The maximum absolute atomic E-state index is 11.0. The lowest BCUT2D eigenvalue weighted by Crippen LogP contribution is -2.31.